The zero-order valence-electron chi connectivity index (χ0n) is 19.8. The van der Waals surface area contributed by atoms with Gasteiger partial charge in [-0.3, -0.25) is 15.2 Å². The van der Waals surface area contributed by atoms with Gasteiger partial charge in [-0.15, -0.1) is 10.2 Å². The van der Waals surface area contributed by atoms with Crippen LogP contribution in [-0.2, 0) is 0 Å². The predicted octanol–water partition coefficient (Wildman–Crippen LogP) is 3.65. The number of nitrogens with zero attached hydrogens (tertiary/aromatic N) is 6. The fourth-order valence-electron chi connectivity index (χ4n) is 3.50. The molecule has 3 aromatic rings. The molecule has 0 spiro atoms. The highest BCUT2D eigenvalue weighted by Gasteiger charge is 2.26. The number of rotatable bonds is 5. The van der Waals surface area contributed by atoms with Crippen LogP contribution in [-0.4, -0.2) is 75.1 Å². The van der Waals surface area contributed by atoms with Gasteiger partial charge in [0, 0.05) is 40.4 Å². The van der Waals surface area contributed by atoms with Crippen molar-refractivity contribution in [2.45, 2.75) is 32.2 Å². The fraction of sp³-hybridized carbons (Fsp3) is 0.450. The molecular formula is C20H23F2N7OS. The van der Waals surface area contributed by atoms with Crippen molar-refractivity contribution in [3.8, 4) is 10.6 Å². The third-order valence-corrected chi connectivity index (χ3v) is 5.99. The van der Waals surface area contributed by atoms with Crippen LogP contribution in [0.4, 0.5) is 19.4 Å². The molecule has 1 N–H and O–H groups in total. The molecule has 0 aliphatic carbocycles. The lowest BCUT2D eigenvalue weighted by Gasteiger charge is -2.36. The van der Waals surface area contributed by atoms with E-state index in [0.29, 0.717) is 11.3 Å². The molecule has 1 aliphatic rings. The number of amides is 2. The Morgan fingerprint density at radius 1 is 1.32 bits per heavy atom. The van der Waals surface area contributed by atoms with Gasteiger partial charge in [-0.1, -0.05) is 11.3 Å². The van der Waals surface area contributed by atoms with Crippen LogP contribution >= 0.6 is 11.3 Å². The van der Waals surface area contributed by atoms with Crippen molar-refractivity contribution < 1.29 is 17.7 Å². The lowest BCUT2D eigenvalue weighted by Crippen LogP contribution is -2.47. The summed E-state index contributed by atoms with van der Waals surface area (Å²) in [6.07, 6.45) is 1.09. The van der Waals surface area contributed by atoms with Crippen molar-refractivity contribution in [1.82, 2.24) is 30.0 Å². The van der Waals surface area contributed by atoms with Gasteiger partial charge in [-0.05, 0) is 38.9 Å². The molecule has 0 radical (unpaired) electrons. The Kier molecular flexibility index (Phi) is 5.26. The van der Waals surface area contributed by atoms with Gasteiger partial charge in [0.1, 0.15) is 15.8 Å². The number of halogens is 2. The number of carbonyl (C=O) groups is 1. The summed E-state index contributed by atoms with van der Waals surface area (Å²) in [5.41, 5.74) is 1.47. The number of piperidine rings is 1. The third-order valence-electron chi connectivity index (χ3n) is 5.10. The Morgan fingerprint density at radius 3 is 2.81 bits per heavy atom. The number of fused-ring (bicyclic) bond motifs is 1. The van der Waals surface area contributed by atoms with Crippen LogP contribution in [0.5, 0.6) is 0 Å². The molecule has 0 aromatic carbocycles. The number of urea groups is 1. The normalized spacial score (nSPS) is 17.1. The van der Waals surface area contributed by atoms with E-state index in [0.717, 1.165) is 25.9 Å². The highest BCUT2D eigenvalue weighted by Crippen LogP contribution is 2.26. The van der Waals surface area contributed by atoms with Crippen molar-refractivity contribution in [2.24, 2.45) is 0 Å². The Labute approximate surface area is 186 Å². The van der Waals surface area contributed by atoms with E-state index in [4.69, 9.17) is 4.11 Å². The Bertz CT molecular complexity index is 1170. The molecule has 0 bridgehead atoms. The van der Waals surface area contributed by atoms with Gasteiger partial charge in [0.05, 0.1) is 18.3 Å². The summed E-state index contributed by atoms with van der Waals surface area (Å²) < 4.78 is 48.4. The fourth-order valence-corrected chi connectivity index (χ4v) is 4.17. The molecule has 0 atom stereocenters. The van der Waals surface area contributed by atoms with Gasteiger partial charge in [0.25, 0.3) is 6.43 Å². The molecule has 8 nitrogen and oxygen atoms in total. The van der Waals surface area contributed by atoms with Crippen LogP contribution in [0, 0.1) is 6.92 Å². The zero-order valence-corrected chi connectivity index (χ0v) is 17.6. The number of carbonyl (C=O) groups excluding carboxylic acids is 1. The topological polar surface area (TPSA) is 87.1 Å². The maximum atomic E-state index is 12.9. The first-order chi connectivity index (χ1) is 16.1. The average Bonchev–Trinajstić information content (AvgIpc) is 3.22. The van der Waals surface area contributed by atoms with Crippen LogP contribution in [0.1, 0.15) is 22.0 Å². The van der Waals surface area contributed by atoms with E-state index < -0.39 is 26.0 Å². The minimum absolute atomic E-state index is 0.252. The highest BCUT2D eigenvalue weighted by atomic mass is 32.1. The summed E-state index contributed by atoms with van der Waals surface area (Å²) in [7, 11) is 0. The SMILES string of the molecule is [2H]C([2H])([2H])N(CC(F)F)C1CCN(C(=O)Nc2cc3cc(-c4nnc(C)s4)cnc3cn2)CC1. The maximum Gasteiger partial charge on any atom is 0.323 e. The lowest BCUT2D eigenvalue weighted by atomic mass is 10.0. The van der Waals surface area contributed by atoms with Crippen LogP contribution in [0.2, 0.25) is 0 Å². The van der Waals surface area contributed by atoms with Crippen molar-refractivity contribution >= 4 is 34.1 Å². The molecular weight excluding hydrogens is 424 g/mol. The maximum absolute atomic E-state index is 12.9. The molecule has 1 saturated heterocycles. The number of aryl methyl sites for hydroxylation is 1. The number of pyridine rings is 2. The van der Waals surface area contributed by atoms with Crippen molar-refractivity contribution in [2.75, 3.05) is 31.9 Å². The quantitative estimate of drug-likeness (QED) is 0.639. The summed E-state index contributed by atoms with van der Waals surface area (Å²) in [5, 5.41) is 13.3. The predicted molar refractivity (Wildman–Crippen MR) is 115 cm³/mol. The lowest BCUT2D eigenvalue weighted by molar-refractivity contribution is 0.0628. The second kappa shape index (κ2) is 9.15. The number of likely N-dealkylation sites (tertiary alicyclic amines) is 1. The second-order valence-corrected chi connectivity index (χ2v) is 8.49. The summed E-state index contributed by atoms with van der Waals surface area (Å²) >= 11 is 1.46. The first-order valence-electron chi connectivity index (χ1n) is 11.3. The van der Waals surface area contributed by atoms with Crippen LogP contribution in [0.3, 0.4) is 0 Å². The van der Waals surface area contributed by atoms with Gasteiger partial charge >= 0.3 is 6.03 Å². The number of hydrogen-bond acceptors (Lipinski definition) is 7. The van der Waals surface area contributed by atoms with E-state index in [9.17, 15) is 13.6 Å². The van der Waals surface area contributed by atoms with Gasteiger partial charge in [-0.2, -0.15) is 0 Å². The minimum atomic E-state index is -2.74. The monoisotopic (exact) mass is 450 g/mol. The van der Waals surface area contributed by atoms with Crippen molar-refractivity contribution in [3.05, 3.63) is 29.5 Å². The van der Waals surface area contributed by atoms with Crippen LogP contribution < -0.4 is 5.32 Å². The number of hydrogen-bond donors (Lipinski definition) is 1. The average molecular weight is 451 g/mol. The molecule has 2 amide bonds. The minimum Gasteiger partial charge on any atom is -0.324 e. The van der Waals surface area contributed by atoms with E-state index in [2.05, 4.69) is 25.5 Å². The summed E-state index contributed by atoms with van der Waals surface area (Å²) in [6, 6.07) is 2.68. The van der Waals surface area contributed by atoms with Gasteiger partial charge in [0.2, 0.25) is 0 Å². The molecule has 0 unspecified atom stereocenters. The van der Waals surface area contributed by atoms with Crippen LogP contribution in [0.25, 0.3) is 21.5 Å². The number of nitrogens with one attached hydrogen (secondary N) is 1. The van der Waals surface area contributed by atoms with E-state index in [1.165, 1.54) is 16.2 Å². The molecule has 0 saturated carbocycles. The number of anilines is 1. The van der Waals surface area contributed by atoms with E-state index in [1.807, 2.05) is 13.0 Å². The van der Waals surface area contributed by atoms with Gasteiger partial charge in [0.15, 0.2) is 0 Å². The first kappa shape index (κ1) is 17.8. The number of aromatic nitrogens is 4. The highest BCUT2D eigenvalue weighted by molar-refractivity contribution is 7.14. The Hall–Kier alpha value is -2.79. The van der Waals surface area contributed by atoms with Crippen molar-refractivity contribution in [3.63, 3.8) is 0 Å². The third kappa shape index (κ3) is 5.10. The second-order valence-electron chi connectivity index (χ2n) is 7.30. The molecule has 3 aromatic heterocycles. The largest absolute Gasteiger partial charge is 0.324 e. The first-order valence-corrected chi connectivity index (χ1v) is 10.6. The molecule has 31 heavy (non-hydrogen) atoms. The van der Waals surface area contributed by atoms with E-state index in [-0.39, 0.29) is 32.0 Å². The summed E-state index contributed by atoms with van der Waals surface area (Å²) in [6.45, 7) is -1.05. The molecule has 1 fully saturated rings. The van der Waals surface area contributed by atoms with Gasteiger partial charge < -0.3 is 4.90 Å². The standard InChI is InChI=1S/C20H23F2N7OS/c1-12-26-27-19(31-12)14-7-13-8-18(24-10-16(13)23-9-14)25-20(30)29-5-3-15(4-6-29)28(2)11-17(21)22/h7-10,15,17H,3-6,11H2,1-2H3,(H,24,25,30)/i2D3. The Balaban J connectivity index is 1.41. The van der Waals surface area contributed by atoms with E-state index in [1.54, 1.807) is 18.5 Å². The zero-order chi connectivity index (χ0) is 24.5. The van der Waals surface area contributed by atoms with Gasteiger partial charge in [-0.25, -0.2) is 18.6 Å². The van der Waals surface area contributed by atoms with Crippen molar-refractivity contribution in [1.29, 1.82) is 0 Å². The smallest absolute Gasteiger partial charge is 0.323 e. The molecule has 4 rings (SSSR count). The molecule has 4 heterocycles. The Morgan fingerprint density at radius 2 is 2.13 bits per heavy atom. The number of alkyl halides is 2. The molecule has 164 valence electrons. The van der Waals surface area contributed by atoms with E-state index >= 15 is 0 Å². The van der Waals surface area contributed by atoms with Crippen LogP contribution in [0.15, 0.2) is 24.5 Å². The molecule has 1 aliphatic heterocycles. The summed E-state index contributed by atoms with van der Waals surface area (Å²) in [5.74, 6) is 0.342. The summed E-state index contributed by atoms with van der Waals surface area (Å²) in [4.78, 5) is 23.8. The molecule has 11 heteroatoms.